The maximum absolute atomic E-state index is 5.27. The molecule has 9 heavy (non-hydrogen) atoms. The summed E-state index contributed by atoms with van der Waals surface area (Å²) in [5.74, 6) is 0.713. The van der Waals surface area contributed by atoms with Gasteiger partial charge in [0.1, 0.15) is 0 Å². The highest BCUT2D eigenvalue weighted by Gasteiger charge is 2.07. The van der Waals surface area contributed by atoms with Crippen LogP contribution in [0.2, 0.25) is 0 Å². The van der Waals surface area contributed by atoms with Crippen molar-refractivity contribution in [3.63, 3.8) is 0 Å². The van der Waals surface area contributed by atoms with E-state index in [0.29, 0.717) is 5.92 Å². The molecule has 0 aromatic heterocycles. The molecule has 0 aromatic carbocycles. The predicted molar refractivity (Wildman–Crippen MR) is 38.4 cm³/mol. The van der Waals surface area contributed by atoms with Gasteiger partial charge < -0.3 is 4.74 Å². The van der Waals surface area contributed by atoms with E-state index >= 15 is 0 Å². The fourth-order valence-electron chi connectivity index (χ4n) is 1.10. The molecule has 0 saturated carbocycles. The normalized spacial score (nSPS) is 25.2. The molecule has 0 aliphatic heterocycles. The van der Waals surface area contributed by atoms with Crippen molar-refractivity contribution in [2.24, 2.45) is 5.92 Å². The predicted octanol–water partition coefficient (Wildman–Crippen LogP) is 1.99. The lowest BCUT2D eigenvalue weighted by Gasteiger charge is -2.05. The van der Waals surface area contributed by atoms with Gasteiger partial charge in [0.2, 0.25) is 0 Å². The van der Waals surface area contributed by atoms with Gasteiger partial charge in [-0.15, -0.1) is 0 Å². The highest BCUT2D eigenvalue weighted by molar-refractivity contribution is 4.95. The van der Waals surface area contributed by atoms with E-state index in [9.17, 15) is 0 Å². The fraction of sp³-hybridized carbons (Fsp3) is 0.750. The van der Waals surface area contributed by atoms with Crippen LogP contribution >= 0.6 is 0 Å². The Balaban J connectivity index is 2.05. The first kappa shape index (κ1) is 6.81. The molecule has 0 saturated heterocycles. The first-order valence-corrected chi connectivity index (χ1v) is 3.68. The number of hydrogen-bond donors (Lipinski definition) is 0. The molecule has 1 heteroatoms. The highest BCUT2D eigenvalue weighted by Crippen LogP contribution is 2.16. The van der Waals surface area contributed by atoms with E-state index in [1.165, 1.54) is 12.8 Å². The van der Waals surface area contributed by atoms with Crippen molar-refractivity contribution >= 4 is 0 Å². The van der Waals surface area contributed by atoms with Gasteiger partial charge >= 0.3 is 0 Å². The van der Waals surface area contributed by atoms with Crippen LogP contribution in [0.25, 0.3) is 0 Å². The Morgan fingerprint density at radius 3 is 3.11 bits per heavy atom. The zero-order chi connectivity index (χ0) is 6.53. The van der Waals surface area contributed by atoms with Crippen molar-refractivity contribution < 1.29 is 4.74 Å². The molecule has 0 N–H and O–H groups in total. The van der Waals surface area contributed by atoms with Crippen molar-refractivity contribution in [3.8, 4) is 0 Å². The Morgan fingerprint density at radius 2 is 2.56 bits per heavy atom. The zero-order valence-corrected chi connectivity index (χ0v) is 5.97. The highest BCUT2D eigenvalue weighted by atomic mass is 16.5. The standard InChI is InChI=1S/C8H14O/c1-2-9-7-8-5-3-4-6-8/h3,5,8H,2,4,6-7H2,1H3. The zero-order valence-electron chi connectivity index (χ0n) is 5.97. The van der Waals surface area contributed by atoms with Gasteiger partial charge in [-0.1, -0.05) is 12.2 Å². The number of hydrogen-bond acceptors (Lipinski definition) is 1. The Kier molecular flexibility index (Phi) is 2.78. The second-order valence-corrected chi connectivity index (χ2v) is 2.43. The molecule has 1 aliphatic carbocycles. The minimum Gasteiger partial charge on any atom is -0.381 e. The van der Waals surface area contributed by atoms with E-state index in [1.54, 1.807) is 0 Å². The summed E-state index contributed by atoms with van der Waals surface area (Å²) >= 11 is 0. The first-order chi connectivity index (χ1) is 4.43. The average molecular weight is 126 g/mol. The minimum absolute atomic E-state index is 0.713. The summed E-state index contributed by atoms with van der Waals surface area (Å²) < 4.78 is 5.27. The molecular weight excluding hydrogens is 112 g/mol. The molecule has 0 radical (unpaired) electrons. The molecule has 0 aromatic rings. The first-order valence-electron chi connectivity index (χ1n) is 3.68. The minimum atomic E-state index is 0.713. The van der Waals surface area contributed by atoms with Crippen LogP contribution in [0.1, 0.15) is 19.8 Å². The lowest BCUT2D eigenvalue weighted by atomic mass is 10.1. The molecule has 0 spiro atoms. The quantitative estimate of drug-likeness (QED) is 0.525. The smallest absolute Gasteiger partial charge is 0.0528 e. The molecule has 1 nitrogen and oxygen atoms in total. The number of ether oxygens (including phenoxy) is 1. The van der Waals surface area contributed by atoms with E-state index in [-0.39, 0.29) is 0 Å². The maximum Gasteiger partial charge on any atom is 0.0528 e. The summed E-state index contributed by atoms with van der Waals surface area (Å²) in [5.41, 5.74) is 0. The summed E-state index contributed by atoms with van der Waals surface area (Å²) in [7, 11) is 0. The summed E-state index contributed by atoms with van der Waals surface area (Å²) in [6.07, 6.45) is 7.04. The fourth-order valence-corrected chi connectivity index (χ4v) is 1.10. The maximum atomic E-state index is 5.27. The van der Waals surface area contributed by atoms with Gasteiger partial charge in [0.05, 0.1) is 6.61 Å². The van der Waals surface area contributed by atoms with Gasteiger partial charge in [0.15, 0.2) is 0 Å². The van der Waals surface area contributed by atoms with Crippen LogP contribution in [-0.2, 0) is 4.74 Å². The van der Waals surface area contributed by atoms with Crippen LogP contribution in [0, 0.1) is 5.92 Å². The van der Waals surface area contributed by atoms with Gasteiger partial charge in [-0.3, -0.25) is 0 Å². The van der Waals surface area contributed by atoms with Gasteiger partial charge in [-0.25, -0.2) is 0 Å². The van der Waals surface area contributed by atoms with Crippen LogP contribution in [0.15, 0.2) is 12.2 Å². The Morgan fingerprint density at radius 1 is 1.67 bits per heavy atom. The molecule has 1 rings (SSSR count). The lowest BCUT2D eigenvalue weighted by molar-refractivity contribution is 0.124. The van der Waals surface area contributed by atoms with E-state index in [2.05, 4.69) is 12.2 Å². The van der Waals surface area contributed by atoms with Crippen molar-refractivity contribution in [1.29, 1.82) is 0 Å². The Bertz CT molecular complexity index is 96.7. The summed E-state index contributed by atoms with van der Waals surface area (Å²) in [4.78, 5) is 0. The van der Waals surface area contributed by atoms with E-state index in [1.807, 2.05) is 6.92 Å². The van der Waals surface area contributed by atoms with Crippen molar-refractivity contribution in [2.45, 2.75) is 19.8 Å². The summed E-state index contributed by atoms with van der Waals surface area (Å²) in [5, 5.41) is 0. The summed E-state index contributed by atoms with van der Waals surface area (Å²) in [6.45, 7) is 3.82. The number of allylic oxidation sites excluding steroid dienone is 1. The lowest BCUT2D eigenvalue weighted by Crippen LogP contribution is -2.03. The van der Waals surface area contributed by atoms with Gasteiger partial charge in [-0.05, 0) is 19.8 Å². The van der Waals surface area contributed by atoms with E-state index in [4.69, 9.17) is 4.74 Å². The third-order valence-corrected chi connectivity index (χ3v) is 1.65. The van der Waals surface area contributed by atoms with Crippen LogP contribution in [0.3, 0.4) is 0 Å². The molecule has 1 aliphatic rings. The Hall–Kier alpha value is -0.300. The molecule has 0 bridgehead atoms. The Labute approximate surface area is 56.7 Å². The molecule has 0 fully saturated rings. The van der Waals surface area contributed by atoms with Crippen molar-refractivity contribution in [1.82, 2.24) is 0 Å². The van der Waals surface area contributed by atoms with Crippen molar-refractivity contribution in [3.05, 3.63) is 12.2 Å². The third-order valence-electron chi connectivity index (χ3n) is 1.65. The van der Waals surface area contributed by atoms with Crippen LogP contribution in [-0.4, -0.2) is 13.2 Å². The molecule has 1 atom stereocenters. The molecule has 1 unspecified atom stereocenters. The van der Waals surface area contributed by atoms with E-state index < -0.39 is 0 Å². The second kappa shape index (κ2) is 3.67. The SMILES string of the molecule is CCOCC1C=CCC1. The van der Waals surface area contributed by atoms with Gasteiger partial charge in [-0.2, -0.15) is 0 Å². The van der Waals surface area contributed by atoms with E-state index in [0.717, 1.165) is 13.2 Å². The number of rotatable bonds is 3. The third kappa shape index (κ3) is 2.19. The van der Waals surface area contributed by atoms with Gasteiger partial charge in [0.25, 0.3) is 0 Å². The second-order valence-electron chi connectivity index (χ2n) is 2.43. The largest absolute Gasteiger partial charge is 0.381 e. The molecule has 0 heterocycles. The van der Waals surface area contributed by atoms with Crippen LogP contribution in [0.5, 0.6) is 0 Å². The monoisotopic (exact) mass is 126 g/mol. The van der Waals surface area contributed by atoms with Crippen LogP contribution < -0.4 is 0 Å². The van der Waals surface area contributed by atoms with Gasteiger partial charge in [0, 0.05) is 12.5 Å². The van der Waals surface area contributed by atoms with Crippen molar-refractivity contribution in [2.75, 3.05) is 13.2 Å². The average Bonchev–Trinajstić information content (AvgIpc) is 2.34. The van der Waals surface area contributed by atoms with Crippen LogP contribution in [0.4, 0.5) is 0 Å². The topological polar surface area (TPSA) is 9.23 Å². The summed E-state index contributed by atoms with van der Waals surface area (Å²) in [6, 6.07) is 0. The molecule has 0 amide bonds. The molecule has 52 valence electrons. The molecular formula is C8H14O.